The second kappa shape index (κ2) is 7.23. The Labute approximate surface area is 131 Å². The molecule has 0 unspecified atom stereocenters. The first-order chi connectivity index (χ1) is 10.4. The minimum Gasteiger partial charge on any atom is -0.341 e. The quantitative estimate of drug-likeness (QED) is 0.826. The van der Waals surface area contributed by atoms with Crippen molar-refractivity contribution in [2.24, 2.45) is 0 Å². The summed E-state index contributed by atoms with van der Waals surface area (Å²) in [5.74, 6) is 1.04. The topological polar surface area (TPSA) is 84.3 Å². The van der Waals surface area contributed by atoms with Gasteiger partial charge in [0.15, 0.2) is 0 Å². The van der Waals surface area contributed by atoms with Crippen molar-refractivity contribution in [3.63, 3.8) is 0 Å². The fraction of sp³-hybridized carbons (Fsp3) is 0.714. The highest BCUT2D eigenvalue weighted by Crippen LogP contribution is 2.23. The molecule has 1 atom stereocenters. The van der Waals surface area contributed by atoms with Crippen molar-refractivity contribution >= 4 is 15.9 Å². The van der Waals surface area contributed by atoms with Crippen LogP contribution in [0.5, 0.6) is 0 Å². The summed E-state index contributed by atoms with van der Waals surface area (Å²) in [6.45, 7) is 3.64. The molecular formula is C14H24N4O3S. The third-order valence-corrected chi connectivity index (χ3v) is 4.64. The van der Waals surface area contributed by atoms with Crippen LogP contribution < -0.4 is 4.72 Å². The number of likely N-dealkylation sites (tertiary alicyclic amines) is 1. The molecule has 1 aliphatic rings. The SMILES string of the molecule is CCc1nccn1[C@H]1CCCN(C(=O)CCNS(C)(=O)=O)C1. The number of imidazole rings is 1. The predicted octanol–water partition coefficient (Wildman–Crippen LogP) is 0.548. The number of aromatic nitrogens is 2. The molecule has 0 bridgehead atoms. The van der Waals surface area contributed by atoms with E-state index in [2.05, 4.69) is 21.2 Å². The molecule has 1 amide bonds. The fourth-order valence-electron chi connectivity index (χ4n) is 2.86. The van der Waals surface area contributed by atoms with E-state index in [9.17, 15) is 13.2 Å². The lowest BCUT2D eigenvalue weighted by Crippen LogP contribution is -2.42. The number of carbonyl (C=O) groups excluding carboxylic acids is 1. The minimum absolute atomic E-state index is 0.000913. The van der Waals surface area contributed by atoms with Gasteiger partial charge in [0.1, 0.15) is 5.82 Å². The fourth-order valence-corrected chi connectivity index (χ4v) is 3.33. The third-order valence-electron chi connectivity index (χ3n) is 3.91. The van der Waals surface area contributed by atoms with E-state index in [-0.39, 0.29) is 24.9 Å². The van der Waals surface area contributed by atoms with Crippen LogP contribution in [0.15, 0.2) is 12.4 Å². The van der Waals surface area contributed by atoms with Gasteiger partial charge in [-0.1, -0.05) is 6.92 Å². The maximum atomic E-state index is 12.2. The van der Waals surface area contributed by atoms with Crippen molar-refractivity contribution in [2.75, 3.05) is 25.9 Å². The van der Waals surface area contributed by atoms with Gasteiger partial charge in [-0.15, -0.1) is 0 Å². The van der Waals surface area contributed by atoms with Crippen molar-refractivity contribution in [2.45, 2.75) is 38.6 Å². The van der Waals surface area contributed by atoms with Crippen molar-refractivity contribution in [1.29, 1.82) is 0 Å². The zero-order valence-electron chi connectivity index (χ0n) is 13.2. The highest BCUT2D eigenvalue weighted by Gasteiger charge is 2.25. The van der Waals surface area contributed by atoms with Crippen molar-refractivity contribution in [1.82, 2.24) is 19.2 Å². The number of piperidine rings is 1. The zero-order valence-corrected chi connectivity index (χ0v) is 14.0. The molecule has 8 heteroatoms. The second-order valence-electron chi connectivity index (χ2n) is 5.66. The first kappa shape index (κ1) is 17.0. The first-order valence-electron chi connectivity index (χ1n) is 7.65. The van der Waals surface area contributed by atoms with Gasteiger partial charge < -0.3 is 9.47 Å². The van der Waals surface area contributed by atoms with Crippen molar-refractivity contribution in [3.05, 3.63) is 18.2 Å². The molecule has 0 aliphatic carbocycles. The molecular weight excluding hydrogens is 304 g/mol. The molecule has 7 nitrogen and oxygen atoms in total. The van der Waals surface area contributed by atoms with Gasteiger partial charge in [0.2, 0.25) is 15.9 Å². The Hall–Kier alpha value is -1.41. The van der Waals surface area contributed by atoms with E-state index in [4.69, 9.17) is 0 Å². The van der Waals surface area contributed by atoms with E-state index in [0.29, 0.717) is 6.54 Å². The summed E-state index contributed by atoms with van der Waals surface area (Å²) >= 11 is 0. The van der Waals surface area contributed by atoms with E-state index < -0.39 is 10.0 Å². The third kappa shape index (κ3) is 4.54. The Balaban J connectivity index is 1.91. The van der Waals surface area contributed by atoms with Gasteiger partial charge in [0.05, 0.1) is 12.3 Å². The number of rotatable bonds is 6. The number of carbonyl (C=O) groups is 1. The molecule has 1 saturated heterocycles. The van der Waals surface area contributed by atoms with Crippen LogP contribution in [0.2, 0.25) is 0 Å². The number of hydrogen-bond acceptors (Lipinski definition) is 4. The monoisotopic (exact) mass is 328 g/mol. The average Bonchev–Trinajstić information content (AvgIpc) is 2.94. The molecule has 0 spiro atoms. The molecule has 1 fully saturated rings. The Morgan fingerprint density at radius 3 is 2.95 bits per heavy atom. The molecule has 2 rings (SSSR count). The summed E-state index contributed by atoms with van der Waals surface area (Å²) in [6.07, 6.45) is 7.93. The van der Waals surface area contributed by atoms with E-state index in [1.165, 1.54) is 0 Å². The van der Waals surface area contributed by atoms with E-state index in [0.717, 1.165) is 37.9 Å². The summed E-state index contributed by atoms with van der Waals surface area (Å²) in [6, 6.07) is 0.262. The smallest absolute Gasteiger partial charge is 0.223 e. The van der Waals surface area contributed by atoms with Crippen LogP contribution in [-0.2, 0) is 21.2 Å². The van der Waals surface area contributed by atoms with Crippen LogP contribution >= 0.6 is 0 Å². The maximum absolute atomic E-state index is 12.2. The number of hydrogen-bond donors (Lipinski definition) is 1. The maximum Gasteiger partial charge on any atom is 0.223 e. The summed E-state index contributed by atoms with van der Waals surface area (Å²) in [5, 5.41) is 0. The summed E-state index contributed by atoms with van der Waals surface area (Å²) < 4.78 is 26.6. The number of amides is 1. The van der Waals surface area contributed by atoms with Gasteiger partial charge >= 0.3 is 0 Å². The minimum atomic E-state index is -3.24. The number of nitrogens with one attached hydrogen (secondary N) is 1. The predicted molar refractivity (Wildman–Crippen MR) is 83.9 cm³/mol. The highest BCUT2D eigenvalue weighted by atomic mass is 32.2. The second-order valence-corrected chi connectivity index (χ2v) is 7.49. The van der Waals surface area contributed by atoms with Crippen LogP contribution in [0.25, 0.3) is 0 Å². The van der Waals surface area contributed by atoms with Crippen LogP contribution in [0.4, 0.5) is 0 Å². The van der Waals surface area contributed by atoms with Crippen molar-refractivity contribution in [3.8, 4) is 0 Å². The zero-order chi connectivity index (χ0) is 16.2. The molecule has 1 aromatic heterocycles. The molecule has 124 valence electrons. The van der Waals surface area contributed by atoms with Crippen LogP contribution in [0.1, 0.15) is 38.1 Å². The van der Waals surface area contributed by atoms with Crippen LogP contribution in [0, 0.1) is 0 Å². The summed E-state index contributed by atoms with van der Waals surface area (Å²) in [7, 11) is -3.24. The number of nitrogens with zero attached hydrogens (tertiary/aromatic N) is 3. The molecule has 1 aliphatic heterocycles. The highest BCUT2D eigenvalue weighted by molar-refractivity contribution is 7.88. The molecule has 0 aromatic carbocycles. The molecule has 0 radical (unpaired) electrons. The van der Waals surface area contributed by atoms with Crippen molar-refractivity contribution < 1.29 is 13.2 Å². The first-order valence-corrected chi connectivity index (χ1v) is 9.54. The number of sulfonamides is 1. The van der Waals surface area contributed by atoms with Gasteiger partial charge in [0, 0.05) is 44.9 Å². The lowest BCUT2D eigenvalue weighted by molar-refractivity contribution is -0.132. The Morgan fingerprint density at radius 2 is 2.27 bits per heavy atom. The van der Waals surface area contributed by atoms with Gasteiger partial charge in [-0.05, 0) is 12.8 Å². The van der Waals surface area contributed by atoms with Crippen LogP contribution in [0.3, 0.4) is 0 Å². The van der Waals surface area contributed by atoms with Gasteiger partial charge in [-0.2, -0.15) is 0 Å². The molecule has 22 heavy (non-hydrogen) atoms. The Bertz CT molecular complexity index is 611. The molecule has 2 heterocycles. The van der Waals surface area contributed by atoms with Gasteiger partial charge in [-0.3, -0.25) is 4.79 Å². The van der Waals surface area contributed by atoms with E-state index in [1.54, 1.807) is 6.20 Å². The molecule has 1 N–H and O–H groups in total. The summed E-state index contributed by atoms with van der Waals surface area (Å²) in [5.41, 5.74) is 0. The summed E-state index contributed by atoms with van der Waals surface area (Å²) in [4.78, 5) is 18.4. The lowest BCUT2D eigenvalue weighted by Gasteiger charge is -2.34. The van der Waals surface area contributed by atoms with E-state index in [1.807, 2.05) is 11.1 Å². The van der Waals surface area contributed by atoms with Gasteiger partial charge in [-0.25, -0.2) is 18.1 Å². The average molecular weight is 328 g/mol. The van der Waals surface area contributed by atoms with Crippen LogP contribution in [-0.4, -0.2) is 54.7 Å². The standard InChI is InChI=1S/C14H24N4O3S/c1-3-13-15-8-10-18(13)12-5-4-9-17(11-12)14(19)6-7-16-22(2,20)21/h8,10,12,16H,3-7,9,11H2,1-2H3/t12-/m0/s1. The van der Waals surface area contributed by atoms with E-state index >= 15 is 0 Å². The molecule has 1 aromatic rings. The largest absolute Gasteiger partial charge is 0.341 e. The Morgan fingerprint density at radius 1 is 1.50 bits per heavy atom. The molecule has 0 saturated carbocycles. The van der Waals surface area contributed by atoms with Gasteiger partial charge in [0.25, 0.3) is 0 Å². The lowest BCUT2D eigenvalue weighted by atomic mass is 10.0. The normalized spacial score (nSPS) is 19.4. The Kier molecular flexibility index (Phi) is 5.57. The number of aryl methyl sites for hydroxylation is 1.